The maximum absolute atomic E-state index is 14.2. The Labute approximate surface area is 258 Å². The van der Waals surface area contributed by atoms with Crippen LogP contribution in [0.3, 0.4) is 0 Å². The average molecular weight is 590 g/mol. The van der Waals surface area contributed by atoms with E-state index < -0.39 is 16.5 Å². The first-order valence-corrected chi connectivity index (χ1v) is 14.7. The van der Waals surface area contributed by atoms with Crippen molar-refractivity contribution in [1.29, 1.82) is 0 Å². The van der Waals surface area contributed by atoms with E-state index in [1.165, 1.54) is 6.07 Å². The van der Waals surface area contributed by atoms with Gasteiger partial charge in [0.1, 0.15) is 5.56 Å². The number of hydrogen-bond donors (Lipinski definition) is 0. The summed E-state index contributed by atoms with van der Waals surface area (Å²) in [5.41, 5.74) is 6.41. The van der Waals surface area contributed by atoms with Crippen LogP contribution < -0.4 is 0 Å². The van der Waals surface area contributed by atoms with Crippen molar-refractivity contribution in [1.82, 2.24) is 8.97 Å². The fourth-order valence-corrected chi connectivity index (χ4v) is 7.19. The maximum atomic E-state index is 14.2. The van der Waals surface area contributed by atoms with Crippen LogP contribution in [0.5, 0.6) is 0 Å². The third-order valence-electron chi connectivity index (χ3n) is 8.98. The lowest BCUT2D eigenvalue weighted by Gasteiger charge is -2.32. The van der Waals surface area contributed by atoms with E-state index in [0.717, 1.165) is 50.1 Å². The van der Waals surface area contributed by atoms with Gasteiger partial charge in [0.25, 0.3) is 5.69 Å². The average Bonchev–Trinajstić information content (AvgIpc) is 3.71. The number of hydrogen-bond acceptors (Lipinski definition) is 4. The van der Waals surface area contributed by atoms with Gasteiger partial charge in [0, 0.05) is 51.9 Å². The minimum atomic E-state index is -1.56. The number of fused-ring (bicyclic) bond motifs is 3. The molecule has 7 aromatic rings. The first-order chi connectivity index (χ1) is 21.9. The normalized spacial score (nSPS) is 15.8. The third kappa shape index (κ3) is 3.67. The summed E-state index contributed by atoms with van der Waals surface area (Å²) in [7, 11) is 2.01. The number of aryl methyl sites for hydroxylation is 2. The van der Waals surface area contributed by atoms with Crippen molar-refractivity contribution in [3.05, 3.63) is 166 Å². The summed E-state index contributed by atoms with van der Waals surface area (Å²) >= 11 is 0. The van der Waals surface area contributed by atoms with Crippen molar-refractivity contribution >= 4 is 28.1 Å². The van der Waals surface area contributed by atoms with E-state index in [0.29, 0.717) is 11.3 Å². The van der Waals surface area contributed by atoms with Crippen molar-refractivity contribution in [2.24, 2.45) is 7.05 Å². The molecule has 4 heterocycles. The molecule has 0 saturated carbocycles. The molecule has 4 aromatic carbocycles. The van der Waals surface area contributed by atoms with Crippen LogP contribution in [0.4, 0.5) is 5.69 Å². The Morgan fingerprint density at radius 3 is 2.18 bits per heavy atom. The van der Waals surface area contributed by atoms with Gasteiger partial charge in [-0.25, -0.2) is 4.79 Å². The Balaban J connectivity index is 1.66. The van der Waals surface area contributed by atoms with Crippen LogP contribution in [0.2, 0.25) is 0 Å². The largest absolute Gasteiger partial charge is 0.439 e. The quantitative estimate of drug-likeness (QED) is 0.115. The van der Waals surface area contributed by atoms with Crippen LogP contribution >= 0.6 is 0 Å². The second-order valence-corrected chi connectivity index (χ2v) is 11.4. The number of para-hydroxylation sites is 1. The molecule has 3 aromatic heterocycles. The van der Waals surface area contributed by atoms with Crippen molar-refractivity contribution in [3.63, 3.8) is 0 Å². The van der Waals surface area contributed by atoms with Gasteiger partial charge in [-0.1, -0.05) is 97.1 Å². The molecule has 7 nitrogen and oxygen atoms in total. The molecule has 0 N–H and O–H groups in total. The Morgan fingerprint density at radius 2 is 1.44 bits per heavy atom. The van der Waals surface area contributed by atoms with E-state index in [1.54, 1.807) is 12.1 Å². The van der Waals surface area contributed by atoms with Gasteiger partial charge in [-0.3, -0.25) is 10.1 Å². The molecule has 0 amide bonds. The molecule has 0 saturated heterocycles. The number of carbonyl (C=O) groups excluding carboxylic acids is 1. The Hall–Kier alpha value is -5.95. The first kappa shape index (κ1) is 26.7. The molecule has 1 atom stereocenters. The van der Waals surface area contributed by atoms with Crippen LogP contribution in [0.1, 0.15) is 32.9 Å². The van der Waals surface area contributed by atoms with Crippen molar-refractivity contribution in [2.75, 3.05) is 0 Å². The highest BCUT2D eigenvalue weighted by Gasteiger charge is 2.56. The van der Waals surface area contributed by atoms with Gasteiger partial charge in [0.2, 0.25) is 5.60 Å². The predicted octanol–water partition coefficient (Wildman–Crippen LogP) is 8.44. The lowest BCUT2D eigenvalue weighted by Crippen LogP contribution is -2.33. The second kappa shape index (κ2) is 9.79. The third-order valence-corrected chi connectivity index (χ3v) is 8.98. The summed E-state index contributed by atoms with van der Waals surface area (Å²) < 4.78 is 11.0. The number of benzene rings is 4. The minimum Gasteiger partial charge on any atom is -0.439 e. The summed E-state index contributed by atoms with van der Waals surface area (Å²) in [6.45, 7) is 2.02. The summed E-state index contributed by atoms with van der Waals surface area (Å²) in [5, 5.41) is 13.3. The van der Waals surface area contributed by atoms with Gasteiger partial charge in [-0.2, -0.15) is 0 Å². The topological polar surface area (TPSA) is 78.8 Å². The van der Waals surface area contributed by atoms with E-state index in [4.69, 9.17) is 4.74 Å². The zero-order chi connectivity index (χ0) is 30.9. The maximum Gasteiger partial charge on any atom is 0.347 e. The molecule has 1 aliphatic heterocycles. The summed E-state index contributed by atoms with van der Waals surface area (Å²) in [4.78, 5) is 26.1. The van der Waals surface area contributed by atoms with Gasteiger partial charge >= 0.3 is 5.97 Å². The number of rotatable bonds is 5. The molecule has 0 aliphatic carbocycles. The number of esters is 1. The monoisotopic (exact) mass is 589 g/mol. The fraction of sp³-hybridized carbons (Fsp3) is 0.0789. The van der Waals surface area contributed by atoms with Crippen molar-refractivity contribution in [2.45, 2.75) is 12.5 Å². The number of cyclic esters (lactones) is 1. The van der Waals surface area contributed by atoms with Crippen LogP contribution in [0.25, 0.3) is 38.8 Å². The number of aromatic nitrogens is 2. The molecule has 7 heteroatoms. The second-order valence-electron chi connectivity index (χ2n) is 11.4. The van der Waals surface area contributed by atoms with Gasteiger partial charge in [0.15, 0.2) is 0 Å². The first-order valence-electron chi connectivity index (χ1n) is 14.7. The summed E-state index contributed by atoms with van der Waals surface area (Å²) in [6, 6.07) is 41.0. The zero-order valence-corrected chi connectivity index (χ0v) is 24.6. The molecule has 218 valence electrons. The van der Waals surface area contributed by atoms with Gasteiger partial charge < -0.3 is 13.7 Å². The molecule has 45 heavy (non-hydrogen) atoms. The predicted molar refractivity (Wildman–Crippen MR) is 174 cm³/mol. The number of nitrogens with zero attached hydrogens (tertiary/aromatic N) is 3. The fourth-order valence-electron chi connectivity index (χ4n) is 7.19. The summed E-state index contributed by atoms with van der Waals surface area (Å²) in [5.74, 6) is -0.730. The smallest absolute Gasteiger partial charge is 0.347 e. The molecule has 1 aliphatic rings. The molecule has 8 rings (SSSR count). The lowest BCUT2D eigenvalue weighted by atomic mass is 9.78. The van der Waals surface area contributed by atoms with Crippen LogP contribution in [-0.4, -0.2) is 19.9 Å². The van der Waals surface area contributed by atoms with Crippen molar-refractivity contribution in [3.8, 4) is 22.4 Å². The SMILES string of the molecule is Cc1cccc2cc(-c3ccccc3)c(C3(c4c(-c5ccccc5)n(C)c5ccccc45)OC(=O)c4c([N+](=O)[O-])cccc43)n12. The standard InChI is InChI=1S/C38H27N3O4/c1-24-13-11-18-27-23-29(25-14-5-3-6-15-25)36(40(24)27)38(30-20-12-22-32(41(43)44)33(30)37(42)45-38)34-28-19-9-10-21-31(28)39(2)35(34)26-16-7-4-8-17-26/h3-23H,1-2H3. The Kier molecular flexibility index (Phi) is 5.80. The molecule has 0 bridgehead atoms. The van der Waals surface area contributed by atoms with Crippen LogP contribution in [-0.2, 0) is 17.4 Å². The molecule has 0 fully saturated rings. The molecule has 1 unspecified atom stereocenters. The molecular formula is C38H27N3O4. The van der Waals surface area contributed by atoms with Gasteiger partial charge in [-0.15, -0.1) is 0 Å². The Morgan fingerprint density at radius 1 is 0.778 bits per heavy atom. The van der Waals surface area contributed by atoms with Crippen molar-refractivity contribution < 1.29 is 14.5 Å². The van der Waals surface area contributed by atoms with Crippen LogP contribution in [0.15, 0.2) is 127 Å². The Bertz CT molecular complexity index is 2310. The highest BCUT2D eigenvalue weighted by molar-refractivity contribution is 6.04. The van der Waals surface area contributed by atoms with E-state index >= 15 is 0 Å². The van der Waals surface area contributed by atoms with E-state index in [2.05, 4.69) is 15.0 Å². The number of nitro groups is 1. The minimum absolute atomic E-state index is 0.0306. The van der Waals surface area contributed by atoms with E-state index in [-0.39, 0.29) is 11.3 Å². The highest BCUT2D eigenvalue weighted by atomic mass is 16.6. The highest BCUT2D eigenvalue weighted by Crippen LogP contribution is 2.56. The zero-order valence-electron chi connectivity index (χ0n) is 24.6. The number of nitro benzene ring substituents is 1. The van der Waals surface area contributed by atoms with E-state index in [1.807, 2.05) is 117 Å². The number of ether oxygens (including phenoxy) is 1. The van der Waals surface area contributed by atoms with Crippen LogP contribution in [0, 0.1) is 17.0 Å². The van der Waals surface area contributed by atoms with E-state index in [9.17, 15) is 14.9 Å². The lowest BCUT2D eigenvalue weighted by molar-refractivity contribution is -0.385. The molecule has 0 radical (unpaired) electrons. The van der Waals surface area contributed by atoms with Gasteiger partial charge in [-0.05, 0) is 42.3 Å². The number of pyridine rings is 1. The molecular weight excluding hydrogens is 562 g/mol. The number of carbonyl (C=O) groups is 1. The summed E-state index contributed by atoms with van der Waals surface area (Å²) in [6.07, 6.45) is 0. The molecule has 0 spiro atoms. The van der Waals surface area contributed by atoms with Gasteiger partial charge in [0.05, 0.1) is 16.3 Å².